The van der Waals surface area contributed by atoms with Crippen molar-refractivity contribution in [3.63, 3.8) is 0 Å². The van der Waals surface area contributed by atoms with Gasteiger partial charge in [0.15, 0.2) is 0 Å². The van der Waals surface area contributed by atoms with Crippen LogP contribution in [0.3, 0.4) is 0 Å². The van der Waals surface area contributed by atoms with Crippen LogP contribution in [0.25, 0.3) is 0 Å². The Morgan fingerprint density at radius 2 is 1.50 bits per heavy atom. The third-order valence-corrected chi connectivity index (χ3v) is 4.15. The average molecular weight is 225 g/mol. The van der Waals surface area contributed by atoms with Crippen LogP contribution in [0.2, 0.25) is 0 Å². The normalized spacial score (nSPS) is 26.1. The highest BCUT2D eigenvalue weighted by molar-refractivity contribution is 4.76. The van der Waals surface area contributed by atoms with E-state index in [0.717, 1.165) is 19.0 Å². The topological polar surface area (TPSA) is 32.5 Å². The fraction of sp³-hybridized carbons (Fsp3) is 1.00. The minimum atomic E-state index is 0.808. The Kier molecular flexibility index (Phi) is 5.07. The van der Waals surface area contributed by atoms with Crippen molar-refractivity contribution in [1.29, 1.82) is 0 Å². The van der Waals surface area contributed by atoms with Crippen LogP contribution in [0, 0.1) is 5.92 Å². The van der Waals surface area contributed by atoms with Crippen LogP contribution in [-0.4, -0.2) is 55.6 Å². The SMILES string of the molecule is NCCN1CCN(CC2CCCCC2)CC1. The van der Waals surface area contributed by atoms with Crippen molar-refractivity contribution in [3.8, 4) is 0 Å². The summed E-state index contributed by atoms with van der Waals surface area (Å²) in [6, 6.07) is 0. The summed E-state index contributed by atoms with van der Waals surface area (Å²) in [5, 5.41) is 0. The fourth-order valence-electron chi connectivity index (χ4n) is 3.11. The summed E-state index contributed by atoms with van der Waals surface area (Å²) in [7, 11) is 0. The molecule has 0 aromatic rings. The van der Waals surface area contributed by atoms with Crippen LogP contribution in [0.1, 0.15) is 32.1 Å². The number of piperazine rings is 1. The van der Waals surface area contributed by atoms with E-state index in [2.05, 4.69) is 9.80 Å². The molecule has 1 aliphatic heterocycles. The standard InChI is InChI=1S/C13H27N3/c14-6-7-15-8-10-16(11-9-15)12-13-4-2-1-3-5-13/h13H,1-12,14H2. The largest absolute Gasteiger partial charge is 0.329 e. The van der Waals surface area contributed by atoms with Crippen LogP contribution in [0.5, 0.6) is 0 Å². The molecule has 94 valence electrons. The average Bonchev–Trinajstić information content (AvgIpc) is 2.33. The summed E-state index contributed by atoms with van der Waals surface area (Å²) >= 11 is 0. The van der Waals surface area contributed by atoms with Crippen LogP contribution < -0.4 is 5.73 Å². The molecule has 16 heavy (non-hydrogen) atoms. The van der Waals surface area contributed by atoms with E-state index < -0.39 is 0 Å². The van der Waals surface area contributed by atoms with Crippen LogP contribution in [-0.2, 0) is 0 Å². The number of hydrogen-bond donors (Lipinski definition) is 1. The molecule has 1 aliphatic carbocycles. The van der Waals surface area contributed by atoms with Crippen molar-refractivity contribution >= 4 is 0 Å². The Morgan fingerprint density at radius 3 is 2.12 bits per heavy atom. The number of rotatable bonds is 4. The maximum absolute atomic E-state index is 5.59. The molecular weight excluding hydrogens is 198 g/mol. The summed E-state index contributed by atoms with van der Waals surface area (Å²) in [5.41, 5.74) is 5.59. The molecule has 0 spiro atoms. The summed E-state index contributed by atoms with van der Waals surface area (Å²) < 4.78 is 0. The van der Waals surface area contributed by atoms with Gasteiger partial charge in [-0.15, -0.1) is 0 Å². The van der Waals surface area contributed by atoms with Gasteiger partial charge in [0.25, 0.3) is 0 Å². The van der Waals surface area contributed by atoms with E-state index in [9.17, 15) is 0 Å². The quantitative estimate of drug-likeness (QED) is 0.779. The number of nitrogens with zero attached hydrogens (tertiary/aromatic N) is 2. The summed E-state index contributed by atoms with van der Waals surface area (Å²) in [6.07, 6.45) is 7.36. The van der Waals surface area contributed by atoms with E-state index in [-0.39, 0.29) is 0 Å². The van der Waals surface area contributed by atoms with Crippen molar-refractivity contribution in [1.82, 2.24) is 9.80 Å². The van der Waals surface area contributed by atoms with Gasteiger partial charge in [-0.2, -0.15) is 0 Å². The van der Waals surface area contributed by atoms with Crippen molar-refractivity contribution in [2.45, 2.75) is 32.1 Å². The van der Waals surface area contributed by atoms with E-state index in [4.69, 9.17) is 5.73 Å². The highest BCUT2D eigenvalue weighted by atomic mass is 15.3. The van der Waals surface area contributed by atoms with Gasteiger partial charge >= 0.3 is 0 Å². The van der Waals surface area contributed by atoms with Gasteiger partial charge in [0.2, 0.25) is 0 Å². The molecule has 1 saturated heterocycles. The van der Waals surface area contributed by atoms with Gasteiger partial charge in [0.05, 0.1) is 0 Å². The lowest BCUT2D eigenvalue weighted by Gasteiger charge is -2.37. The zero-order valence-electron chi connectivity index (χ0n) is 10.5. The third-order valence-electron chi connectivity index (χ3n) is 4.15. The fourth-order valence-corrected chi connectivity index (χ4v) is 3.11. The minimum Gasteiger partial charge on any atom is -0.329 e. The maximum Gasteiger partial charge on any atom is 0.0110 e. The summed E-state index contributed by atoms with van der Waals surface area (Å²) in [4.78, 5) is 5.17. The molecule has 0 unspecified atom stereocenters. The van der Waals surface area contributed by atoms with Gasteiger partial charge in [0.1, 0.15) is 0 Å². The highest BCUT2D eigenvalue weighted by Crippen LogP contribution is 2.24. The van der Waals surface area contributed by atoms with E-state index in [1.54, 1.807) is 0 Å². The lowest BCUT2D eigenvalue weighted by atomic mass is 9.89. The summed E-state index contributed by atoms with van der Waals surface area (Å²) in [6.45, 7) is 8.22. The van der Waals surface area contributed by atoms with Gasteiger partial charge in [-0.1, -0.05) is 19.3 Å². The zero-order valence-corrected chi connectivity index (χ0v) is 10.5. The van der Waals surface area contributed by atoms with Gasteiger partial charge in [0, 0.05) is 45.8 Å². The van der Waals surface area contributed by atoms with Crippen molar-refractivity contribution in [2.24, 2.45) is 11.7 Å². The van der Waals surface area contributed by atoms with Gasteiger partial charge < -0.3 is 10.6 Å². The second-order valence-corrected chi connectivity index (χ2v) is 5.43. The second-order valence-electron chi connectivity index (χ2n) is 5.43. The molecule has 1 saturated carbocycles. The molecule has 2 aliphatic rings. The molecule has 0 radical (unpaired) electrons. The van der Waals surface area contributed by atoms with Crippen LogP contribution in [0.15, 0.2) is 0 Å². The van der Waals surface area contributed by atoms with E-state index >= 15 is 0 Å². The van der Waals surface area contributed by atoms with Gasteiger partial charge in [-0.3, -0.25) is 4.90 Å². The Hall–Kier alpha value is -0.120. The number of hydrogen-bond acceptors (Lipinski definition) is 3. The molecule has 2 fully saturated rings. The van der Waals surface area contributed by atoms with Crippen LogP contribution in [0.4, 0.5) is 0 Å². The predicted molar refractivity (Wildman–Crippen MR) is 68.5 cm³/mol. The Balaban J connectivity index is 1.64. The Labute approximate surface area is 100.0 Å². The van der Waals surface area contributed by atoms with E-state index in [1.165, 1.54) is 64.8 Å². The predicted octanol–water partition coefficient (Wildman–Crippen LogP) is 1.14. The Morgan fingerprint density at radius 1 is 0.875 bits per heavy atom. The lowest BCUT2D eigenvalue weighted by molar-refractivity contribution is 0.112. The maximum atomic E-state index is 5.59. The molecule has 1 heterocycles. The molecular formula is C13H27N3. The molecule has 0 aromatic carbocycles. The lowest BCUT2D eigenvalue weighted by Crippen LogP contribution is -2.48. The first-order valence-electron chi connectivity index (χ1n) is 7.03. The first-order chi connectivity index (χ1) is 7.88. The van der Waals surface area contributed by atoms with E-state index in [0.29, 0.717) is 0 Å². The molecule has 3 heteroatoms. The van der Waals surface area contributed by atoms with Crippen molar-refractivity contribution < 1.29 is 0 Å². The molecule has 2 rings (SSSR count). The minimum absolute atomic E-state index is 0.808. The molecule has 0 atom stereocenters. The third kappa shape index (κ3) is 3.72. The van der Waals surface area contributed by atoms with Crippen molar-refractivity contribution in [3.05, 3.63) is 0 Å². The van der Waals surface area contributed by atoms with Crippen molar-refractivity contribution in [2.75, 3.05) is 45.8 Å². The van der Waals surface area contributed by atoms with Crippen LogP contribution >= 0.6 is 0 Å². The molecule has 0 aromatic heterocycles. The van der Waals surface area contributed by atoms with Gasteiger partial charge in [-0.05, 0) is 18.8 Å². The first-order valence-corrected chi connectivity index (χ1v) is 7.03. The molecule has 2 N–H and O–H groups in total. The van der Waals surface area contributed by atoms with E-state index in [1.807, 2.05) is 0 Å². The number of nitrogens with two attached hydrogens (primary N) is 1. The molecule has 3 nitrogen and oxygen atoms in total. The monoisotopic (exact) mass is 225 g/mol. The zero-order chi connectivity index (χ0) is 11.2. The Bertz CT molecular complexity index is 182. The second kappa shape index (κ2) is 6.58. The smallest absolute Gasteiger partial charge is 0.0110 e. The molecule has 0 amide bonds. The highest BCUT2D eigenvalue weighted by Gasteiger charge is 2.20. The first kappa shape index (κ1) is 12.3. The summed E-state index contributed by atoms with van der Waals surface area (Å²) in [5.74, 6) is 0.995. The molecule has 0 bridgehead atoms. The van der Waals surface area contributed by atoms with Gasteiger partial charge in [-0.25, -0.2) is 0 Å².